The van der Waals surface area contributed by atoms with E-state index in [0.717, 1.165) is 31.0 Å². The lowest BCUT2D eigenvalue weighted by Gasteiger charge is -2.33. The number of carbonyl (C=O) groups is 1. The van der Waals surface area contributed by atoms with Crippen LogP contribution >= 0.6 is 23.4 Å². The standard InChI is InChI=1S/C15H21ClN2O2S/c1-15(2,3)20-14(19)18-9-6-11(7-10-18)21-13-12(16)5-4-8-17-13/h4-5,8,11H,6-7,9-10H2,1-3H3. The van der Waals surface area contributed by atoms with Crippen LogP contribution in [0.4, 0.5) is 4.79 Å². The highest BCUT2D eigenvalue weighted by molar-refractivity contribution is 8.00. The molecule has 0 radical (unpaired) electrons. The number of likely N-dealkylation sites (tertiary alicyclic amines) is 1. The van der Waals surface area contributed by atoms with E-state index in [1.807, 2.05) is 32.9 Å². The van der Waals surface area contributed by atoms with Crippen molar-refractivity contribution in [2.75, 3.05) is 13.1 Å². The molecule has 0 aromatic carbocycles. The minimum Gasteiger partial charge on any atom is -0.444 e. The number of halogens is 1. The van der Waals surface area contributed by atoms with Gasteiger partial charge in [0.05, 0.1) is 5.02 Å². The number of aromatic nitrogens is 1. The van der Waals surface area contributed by atoms with Gasteiger partial charge in [-0.05, 0) is 45.7 Å². The second-order valence-electron chi connectivity index (χ2n) is 6.07. The molecule has 4 nitrogen and oxygen atoms in total. The van der Waals surface area contributed by atoms with E-state index in [4.69, 9.17) is 16.3 Å². The Hall–Kier alpha value is -0.940. The molecule has 0 unspecified atom stereocenters. The Morgan fingerprint density at radius 3 is 2.67 bits per heavy atom. The van der Waals surface area contributed by atoms with E-state index < -0.39 is 5.60 Å². The van der Waals surface area contributed by atoms with Crippen molar-refractivity contribution >= 4 is 29.5 Å². The van der Waals surface area contributed by atoms with Crippen molar-refractivity contribution in [1.82, 2.24) is 9.88 Å². The van der Waals surface area contributed by atoms with Crippen LogP contribution in [-0.4, -0.2) is 39.9 Å². The van der Waals surface area contributed by atoms with Crippen LogP contribution in [0.25, 0.3) is 0 Å². The van der Waals surface area contributed by atoms with E-state index in [1.54, 1.807) is 22.9 Å². The Morgan fingerprint density at radius 2 is 2.10 bits per heavy atom. The zero-order chi connectivity index (χ0) is 15.5. The van der Waals surface area contributed by atoms with Crippen molar-refractivity contribution in [3.8, 4) is 0 Å². The highest BCUT2D eigenvalue weighted by Gasteiger charge is 2.27. The molecule has 0 aliphatic carbocycles. The molecule has 1 aliphatic rings. The summed E-state index contributed by atoms with van der Waals surface area (Å²) in [5.41, 5.74) is -0.440. The number of ether oxygens (including phenoxy) is 1. The average Bonchev–Trinajstić information content (AvgIpc) is 2.40. The lowest BCUT2D eigenvalue weighted by Crippen LogP contribution is -2.42. The molecule has 1 amide bonds. The maximum atomic E-state index is 12.0. The van der Waals surface area contributed by atoms with Gasteiger partial charge in [-0.1, -0.05) is 11.6 Å². The summed E-state index contributed by atoms with van der Waals surface area (Å²) in [4.78, 5) is 18.1. The van der Waals surface area contributed by atoms with Gasteiger partial charge in [-0.15, -0.1) is 11.8 Å². The Kier molecular flexibility index (Phi) is 5.38. The van der Waals surface area contributed by atoms with Gasteiger partial charge in [0.2, 0.25) is 0 Å². The molecule has 1 aliphatic heterocycles. The van der Waals surface area contributed by atoms with E-state index in [0.29, 0.717) is 10.3 Å². The van der Waals surface area contributed by atoms with Gasteiger partial charge in [-0.3, -0.25) is 0 Å². The predicted octanol–water partition coefficient (Wildman–Crippen LogP) is 4.23. The largest absolute Gasteiger partial charge is 0.444 e. The van der Waals surface area contributed by atoms with Gasteiger partial charge in [0.15, 0.2) is 0 Å². The molecule has 1 aromatic rings. The molecule has 0 spiro atoms. The smallest absolute Gasteiger partial charge is 0.410 e. The fourth-order valence-electron chi connectivity index (χ4n) is 2.10. The normalized spacial score (nSPS) is 16.9. The number of hydrogen-bond acceptors (Lipinski definition) is 4. The average molecular weight is 329 g/mol. The van der Waals surface area contributed by atoms with Gasteiger partial charge < -0.3 is 9.64 Å². The lowest BCUT2D eigenvalue weighted by molar-refractivity contribution is 0.0219. The molecule has 0 saturated carbocycles. The number of nitrogens with zero attached hydrogens (tertiary/aromatic N) is 2. The number of rotatable bonds is 2. The predicted molar refractivity (Wildman–Crippen MR) is 85.9 cm³/mol. The molecule has 0 bridgehead atoms. The van der Waals surface area contributed by atoms with Crippen LogP contribution in [0, 0.1) is 0 Å². The Morgan fingerprint density at radius 1 is 1.43 bits per heavy atom. The van der Waals surface area contributed by atoms with Crippen LogP contribution < -0.4 is 0 Å². The Bertz CT molecular complexity index is 497. The molecule has 2 rings (SSSR count). The number of carbonyl (C=O) groups excluding carboxylic acids is 1. The third-order valence-corrected chi connectivity index (χ3v) is 4.87. The summed E-state index contributed by atoms with van der Waals surface area (Å²) in [7, 11) is 0. The first-order chi connectivity index (χ1) is 9.85. The minimum atomic E-state index is -0.440. The first kappa shape index (κ1) is 16.4. The van der Waals surface area contributed by atoms with E-state index >= 15 is 0 Å². The molecule has 0 N–H and O–H groups in total. The number of piperidine rings is 1. The van der Waals surface area contributed by atoms with Gasteiger partial charge in [0, 0.05) is 24.5 Å². The van der Waals surface area contributed by atoms with Gasteiger partial charge in [-0.25, -0.2) is 9.78 Å². The zero-order valence-electron chi connectivity index (χ0n) is 12.6. The first-order valence-corrected chi connectivity index (χ1v) is 8.36. The SMILES string of the molecule is CC(C)(C)OC(=O)N1CCC(Sc2ncccc2Cl)CC1. The summed E-state index contributed by atoms with van der Waals surface area (Å²) in [6, 6.07) is 3.68. The van der Waals surface area contributed by atoms with Crippen molar-refractivity contribution < 1.29 is 9.53 Å². The quantitative estimate of drug-likeness (QED) is 0.815. The lowest BCUT2D eigenvalue weighted by atomic mass is 10.1. The summed E-state index contributed by atoms with van der Waals surface area (Å²) in [5, 5.41) is 2.00. The fraction of sp³-hybridized carbons (Fsp3) is 0.600. The highest BCUT2D eigenvalue weighted by atomic mass is 35.5. The number of thioether (sulfide) groups is 1. The third-order valence-electron chi connectivity index (χ3n) is 3.10. The van der Waals surface area contributed by atoms with Crippen LogP contribution in [-0.2, 0) is 4.74 Å². The van der Waals surface area contributed by atoms with Gasteiger partial charge in [0.1, 0.15) is 10.6 Å². The zero-order valence-corrected chi connectivity index (χ0v) is 14.2. The maximum absolute atomic E-state index is 12.0. The first-order valence-electron chi connectivity index (χ1n) is 7.10. The summed E-state index contributed by atoms with van der Waals surface area (Å²) in [5.74, 6) is 0. The second kappa shape index (κ2) is 6.88. The second-order valence-corrected chi connectivity index (χ2v) is 7.77. The number of pyridine rings is 1. The van der Waals surface area contributed by atoms with Crippen molar-refractivity contribution in [2.45, 2.75) is 49.5 Å². The third kappa shape index (κ3) is 5.08. The van der Waals surface area contributed by atoms with Crippen LogP contribution in [0.5, 0.6) is 0 Å². The summed E-state index contributed by atoms with van der Waals surface area (Å²) in [6.45, 7) is 7.10. The minimum absolute atomic E-state index is 0.221. The monoisotopic (exact) mass is 328 g/mol. The van der Waals surface area contributed by atoms with Gasteiger partial charge in [-0.2, -0.15) is 0 Å². The van der Waals surface area contributed by atoms with Crippen molar-refractivity contribution in [2.24, 2.45) is 0 Å². The van der Waals surface area contributed by atoms with Crippen LogP contribution in [0.3, 0.4) is 0 Å². The molecule has 1 aromatic heterocycles. The number of hydrogen-bond donors (Lipinski definition) is 0. The fourth-order valence-corrected chi connectivity index (χ4v) is 3.42. The van der Waals surface area contributed by atoms with E-state index in [9.17, 15) is 4.79 Å². The molecule has 6 heteroatoms. The van der Waals surface area contributed by atoms with Crippen molar-refractivity contribution in [3.63, 3.8) is 0 Å². The molecule has 1 saturated heterocycles. The Balaban J connectivity index is 1.83. The van der Waals surface area contributed by atoms with Crippen LogP contribution in [0.1, 0.15) is 33.6 Å². The molecular formula is C15H21ClN2O2S. The van der Waals surface area contributed by atoms with Crippen molar-refractivity contribution in [3.05, 3.63) is 23.4 Å². The maximum Gasteiger partial charge on any atom is 0.410 e. The number of amides is 1. The van der Waals surface area contributed by atoms with Crippen LogP contribution in [0.15, 0.2) is 23.4 Å². The van der Waals surface area contributed by atoms with Crippen molar-refractivity contribution in [1.29, 1.82) is 0 Å². The van der Waals surface area contributed by atoms with E-state index in [-0.39, 0.29) is 6.09 Å². The van der Waals surface area contributed by atoms with Crippen LogP contribution in [0.2, 0.25) is 5.02 Å². The summed E-state index contributed by atoms with van der Waals surface area (Å²) in [6.07, 6.45) is 3.39. The van der Waals surface area contributed by atoms with E-state index in [2.05, 4.69) is 4.98 Å². The molecule has 21 heavy (non-hydrogen) atoms. The topological polar surface area (TPSA) is 42.4 Å². The summed E-state index contributed by atoms with van der Waals surface area (Å²) < 4.78 is 5.40. The molecule has 2 heterocycles. The van der Waals surface area contributed by atoms with Gasteiger partial charge in [0.25, 0.3) is 0 Å². The van der Waals surface area contributed by atoms with Gasteiger partial charge >= 0.3 is 6.09 Å². The Labute approximate surface area is 135 Å². The molecular weight excluding hydrogens is 308 g/mol. The molecule has 1 fully saturated rings. The molecule has 116 valence electrons. The molecule has 0 atom stereocenters. The summed E-state index contributed by atoms with van der Waals surface area (Å²) >= 11 is 7.82. The van der Waals surface area contributed by atoms with E-state index in [1.165, 1.54) is 0 Å². The highest BCUT2D eigenvalue weighted by Crippen LogP contribution is 2.33.